The van der Waals surface area contributed by atoms with Crippen molar-refractivity contribution in [3.63, 3.8) is 0 Å². The molecule has 0 radical (unpaired) electrons. The van der Waals surface area contributed by atoms with E-state index in [2.05, 4.69) is 0 Å². The molecule has 0 heterocycles. The Morgan fingerprint density at radius 3 is 2.21 bits per heavy atom. The zero-order valence-corrected chi connectivity index (χ0v) is 16.1. The van der Waals surface area contributed by atoms with E-state index in [1.54, 1.807) is 12.1 Å². The first-order valence-electron chi connectivity index (χ1n) is 9.11. The Bertz CT molecular complexity index is 979. The van der Waals surface area contributed by atoms with Gasteiger partial charge in [-0.15, -0.1) is 0 Å². The molecule has 0 amide bonds. The fourth-order valence-electron chi connectivity index (χ4n) is 2.81. The second-order valence-electron chi connectivity index (χ2n) is 6.27. The van der Waals surface area contributed by atoms with Crippen molar-refractivity contribution in [3.05, 3.63) is 102 Å². The molecular formula is C24H22O5. The van der Waals surface area contributed by atoms with E-state index in [1.165, 1.54) is 13.4 Å². The van der Waals surface area contributed by atoms with Crippen LogP contribution in [0.3, 0.4) is 0 Å². The summed E-state index contributed by atoms with van der Waals surface area (Å²) >= 11 is 0. The first-order valence-corrected chi connectivity index (χ1v) is 9.11. The number of aliphatic carboxylic acids is 1. The van der Waals surface area contributed by atoms with Crippen molar-refractivity contribution in [1.82, 2.24) is 0 Å². The van der Waals surface area contributed by atoms with E-state index in [4.69, 9.17) is 14.2 Å². The molecule has 5 heteroatoms. The SMILES string of the molecule is COC=C(C(=O)O)c1ccccc1COc1cccc(OCc2ccccc2)c1. The molecule has 1 N–H and O–H groups in total. The maximum atomic E-state index is 11.5. The topological polar surface area (TPSA) is 65.0 Å². The first-order chi connectivity index (χ1) is 14.2. The van der Waals surface area contributed by atoms with Crippen molar-refractivity contribution in [2.45, 2.75) is 13.2 Å². The number of hydrogen-bond donors (Lipinski definition) is 1. The van der Waals surface area contributed by atoms with Crippen LogP contribution in [0.15, 0.2) is 85.1 Å². The quantitative estimate of drug-likeness (QED) is 0.415. The highest BCUT2D eigenvalue weighted by Gasteiger charge is 2.15. The second kappa shape index (κ2) is 9.99. The van der Waals surface area contributed by atoms with Gasteiger partial charge in [-0.05, 0) is 28.8 Å². The van der Waals surface area contributed by atoms with E-state index in [-0.39, 0.29) is 12.2 Å². The third-order valence-corrected chi connectivity index (χ3v) is 4.22. The number of carboxylic acid groups (broad SMARTS) is 1. The molecule has 148 valence electrons. The van der Waals surface area contributed by atoms with Crippen LogP contribution in [-0.4, -0.2) is 18.2 Å². The van der Waals surface area contributed by atoms with E-state index < -0.39 is 5.97 Å². The fraction of sp³-hybridized carbons (Fsp3) is 0.125. The zero-order chi connectivity index (χ0) is 20.5. The van der Waals surface area contributed by atoms with Crippen molar-refractivity contribution in [2.75, 3.05) is 7.11 Å². The lowest BCUT2D eigenvalue weighted by molar-refractivity contribution is -0.130. The van der Waals surface area contributed by atoms with Crippen LogP contribution in [0.2, 0.25) is 0 Å². The third kappa shape index (κ3) is 5.62. The summed E-state index contributed by atoms with van der Waals surface area (Å²) in [4.78, 5) is 11.5. The molecule has 29 heavy (non-hydrogen) atoms. The fourth-order valence-corrected chi connectivity index (χ4v) is 2.81. The highest BCUT2D eigenvalue weighted by Crippen LogP contribution is 2.24. The summed E-state index contributed by atoms with van der Waals surface area (Å²) in [6.07, 6.45) is 1.22. The Morgan fingerprint density at radius 1 is 0.862 bits per heavy atom. The minimum atomic E-state index is -1.06. The van der Waals surface area contributed by atoms with E-state index >= 15 is 0 Å². The maximum Gasteiger partial charge on any atom is 0.339 e. The molecule has 3 aromatic rings. The molecule has 0 spiro atoms. The minimum Gasteiger partial charge on any atom is -0.503 e. The molecule has 3 rings (SSSR count). The predicted molar refractivity (Wildman–Crippen MR) is 111 cm³/mol. The molecule has 0 aliphatic heterocycles. The lowest BCUT2D eigenvalue weighted by Crippen LogP contribution is -2.06. The highest BCUT2D eigenvalue weighted by molar-refractivity contribution is 6.15. The standard InChI is InChI=1S/C24H22O5/c1-27-17-23(24(25)26)22-13-6-5-10-19(22)16-29-21-12-7-11-20(14-21)28-15-18-8-3-2-4-9-18/h2-14,17H,15-16H2,1H3,(H,25,26). The molecule has 3 aromatic carbocycles. The summed E-state index contributed by atoms with van der Waals surface area (Å²) in [5.41, 5.74) is 2.46. The van der Waals surface area contributed by atoms with Gasteiger partial charge in [0.05, 0.1) is 13.4 Å². The molecule has 0 aliphatic rings. The molecule has 0 aromatic heterocycles. The van der Waals surface area contributed by atoms with Gasteiger partial charge in [-0.2, -0.15) is 0 Å². The lowest BCUT2D eigenvalue weighted by Gasteiger charge is -2.13. The van der Waals surface area contributed by atoms with Crippen LogP contribution in [-0.2, 0) is 22.7 Å². The van der Waals surface area contributed by atoms with Crippen LogP contribution in [0.4, 0.5) is 0 Å². The van der Waals surface area contributed by atoms with E-state index in [0.717, 1.165) is 11.1 Å². The maximum absolute atomic E-state index is 11.5. The van der Waals surface area contributed by atoms with Crippen LogP contribution >= 0.6 is 0 Å². The molecule has 0 bridgehead atoms. The number of methoxy groups -OCH3 is 1. The van der Waals surface area contributed by atoms with Gasteiger partial charge in [-0.1, -0.05) is 60.7 Å². The van der Waals surface area contributed by atoms with E-state index in [9.17, 15) is 9.90 Å². The first kappa shape index (κ1) is 20.0. The normalized spacial score (nSPS) is 11.0. The van der Waals surface area contributed by atoms with Gasteiger partial charge in [-0.3, -0.25) is 0 Å². The van der Waals surface area contributed by atoms with Gasteiger partial charge in [-0.25, -0.2) is 4.79 Å². The summed E-state index contributed by atoms with van der Waals surface area (Å²) in [5, 5.41) is 9.45. The largest absolute Gasteiger partial charge is 0.503 e. The number of carbonyl (C=O) groups is 1. The Kier molecular flexibility index (Phi) is 6.90. The van der Waals surface area contributed by atoms with Gasteiger partial charge in [0.1, 0.15) is 30.3 Å². The van der Waals surface area contributed by atoms with Gasteiger partial charge in [0.15, 0.2) is 0 Å². The average molecular weight is 390 g/mol. The molecular weight excluding hydrogens is 368 g/mol. The third-order valence-electron chi connectivity index (χ3n) is 4.22. The van der Waals surface area contributed by atoms with Crippen molar-refractivity contribution < 1.29 is 24.1 Å². The Hall–Kier alpha value is -3.73. The number of carboxylic acids is 1. The Morgan fingerprint density at radius 2 is 1.52 bits per heavy atom. The molecule has 0 saturated carbocycles. The van der Waals surface area contributed by atoms with Crippen molar-refractivity contribution in [2.24, 2.45) is 0 Å². The van der Waals surface area contributed by atoms with Gasteiger partial charge < -0.3 is 19.3 Å². The number of rotatable bonds is 9. The summed E-state index contributed by atoms with van der Waals surface area (Å²) in [6.45, 7) is 0.684. The van der Waals surface area contributed by atoms with E-state index in [1.807, 2.05) is 66.7 Å². The van der Waals surface area contributed by atoms with Crippen LogP contribution in [0.1, 0.15) is 16.7 Å². The van der Waals surface area contributed by atoms with Crippen LogP contribution < -0.4 is 9.47 Å². The Balaban J connectivity index is 1.69. The lowest BCUT2D eigenvalue weighted by atomic mass is 10.0. The summed E-state index contributed by atoms with van der Waals surface area (Å²) in [5.74, 6) is 0.277. The molecule has 0 atom stereocenters. The molecule has 5 nitrogen and oxygen atoms in total. The van der Waals surface area contributed by atoms with Gasteiger partial charge >= 0.3 is 5.97 Å². The smallest absolute Gasteiger partial charge is 0.339 e. The summed E-state index contributed by atoms with van der Waals surface area (Å²) in [6, 6.07) is 24.5. The van der Waals surface area contributed by atoms with Crippen molar-refractivity contribution in [1.29, 1.82) is 0 Å². The number of ether oxygens (including phenoxy) is 3. The number of benzene rings is 3. The van der Waals surface area contributed by atoms with Crippen molar-refractivity contribution >= 4 is 11.5 Å². The molecule has 0 aliphatic carbocycles. The molecule has 0 saturated heterocycles. The minimum absolute atomic E-state index is 0.0756. The van der Waals surface area contributed by atoms with Gasteiger partial charge in [0, 0.05) is 6.07 Å². The van der Waals surface area contributed by atoms with Gasteiger partial charge in [0.2, 0.25) is 0 Å². The van der Waals surface area contributed by atoms with Crippen molar-refractivity contribution in [3.8, 4) is 11.5 Å². The second-order valence-corrected chi connectivity index (χ2v) is 6.27. The van der Waals surface area contributed by atoms with Gasteiger partial charge in [0.25, 0.3) is 0 Å². The highest BCUT2D eigenvalue weighted by atomic mass is 16.5. The summed E-state index contributed by atoms with van der Waals surface area (Å²) in [7, 11) is 1.42. The van der Waals surface area contributed by atoms with Crippen LogP contribution in [0.25, 0.3) is 5.57 Å². The van der Waals surface area contributed by atoms with Crippen LogP contribution in [0.5, 0.6) is 11.5 Å². The van der Waals surface area contributed by atoms with Crippen LogP contribution in [0, 0.1) is 0 Å². The molecule has 0 unspecified atom stereocenters. The summed E-state index contributed by atoms with van der Waals surface area (Å²) < 4.78 is 16.6. The average Bonchev–Trinajstić information content (AvgIpc) is 2.76. The van der Waals surface area contributed by atoms with E-state index in [0.29, 0.717) is 23.7 Å². The number of hydrogen-bond acceptors (Lipinski definition) is 4. The monoisotopic (exact) mass is 390 g/mol. The zero-order valence-electron chi connectivity index (χ0n) is 16.1. The molecule has 0 fully saturated rings. The predicted octanol–water partition coefficient (Wildman–Crippen LogP) is 4.92. The Labute approximate surface area is 169 Å².